The first-order valence-corrected chi connectivity index (χ1v) is 7.44. The highest BCUT2D eigenvalue weighted by molar-refractivity contribution is 6.30. The van der Waals surface area contributed by atoms with E-state index in [1.54, 1.807) is 18.4 Å². The van der Waals surface area contributed by atoms with Gasteiger partial charge in [-0.1, -0.05) is 24.6 Å². The molecule has 0 spiro atoms. The van der Waals surface area contributed by atoms with Crippen LogP contribution in [0.25, 0.3) is 11.5 Å². The smallest absolute Gasteiger partial charge is 0.226 e. The predicted octanol–water partition coefficient (Wildman–Crippen LogP) is 2.42. The molecule has 0 unspecified atom stereocenters. The third-order valence-corrected chi connectivity index (χ3v) is 3.71. The summed E-state index contributed by atoms with van der Waals surface area (Å²) >= 11 is 5.97. The molecule has 2 aromatic rings. The molecule has 2 N–H and O–H groups in total. The Morgan fingerprint density at radius 1 is 1.32 bits per heavy atom. The van der Waals surface area contributed by atoms with Gasteiger partial charge in [0.15, 0.2) is 0 Å². The number of aromatic nitrogens is 1. The molecule has 22 heavy (non-hydrogen) atoms. The Kier molecular flexibility index (Phi) is 5.58. The fraction of sp³-hybridized carbons (Fsp3) is 0.438. The highest BCUT2D eigenvalue weighted by Crippen LogP contribution is 2.23. The molecule has 1 heterocycles. The number of oxazole rings is 1. The molecule has 1 aromatic carbocycles. The lowest BCUT2D eigenvalue weighted by molar-refractivity contribution is 0.0399. The third kappa shape index (κ3) is 4.30. The maximum absolute atomic E-state index is 9.35. The van der Waals surface area contributed by atoms with Crippen molar-refractivity contribution in [2.75, 3.05) is 26.8 Å². The average molecular weight is 325 g/mol. The second-order valence-electron chi connectivity index (χ2n) is 5.95. The first-order valence-electron chi connectivity index (χ1n) is 7.06. The summed E-state index contributed by atoms with van der Waals surface area (Å²) in [5.74, 6) is 0.526. The first kappa shape index (κ1) is 17.0. The number of rotatable bonds is 7. The van der Waals surface area contributed by atoms with Crippen molar-refractivity contribution in [1.29, 1.82) is 0 Å². The number of halogens is 1. The van der Waals surface area contributed by atoms with E-state index in [0.717, 1.165) is 11.3 Å². The summed E-state index contributed by atoms with van der Waals surface area (Å²) in [5, 5.41) is 19.3. The number of hydrogen-bond donors (Lipinski definition) is 2. The zero-order chi connectivity index (χ0) is 16.2. The molecule has 0 aliphatic rings. The molecule has 0 atom stereocenters. The molecule has 5 nitrogen and oxygen atoms in total. The van der Waals surface area contributed by atoms with Crippen LogP contribution >= 0.6 is 11.6 Å². The lowest BCUT2D eigenvalue weighted by Gasteiger charge is -2.29. The fourth-order valence-electron chi connectivity index (χ4n) is 2.27. The Balaban J connectivity index is 2.03. The van der Waals surface area contributed by atoms with Crippen LogP contribution in [0.3, 0.4) is 0 Å². The van der Waals surface area contributed by atoms with E-state index < -0.39 is 5.41 Å². The molecule has 120 valence electrons. The minimum absolute atomic E-state index is 0.0690. The number of nitrogens with zero attached hydrogens (tertiary/aromatic N) is 2. The van der Waals surface area contributed by atoms with Crippen molar-refractivity contribution >= 4 is 11.6 Å². The van der Waals surface area contributed by atoms with Crippen molar-refractivity contribution in [3.05, 3.63) is 41.2 Å². The van der Waals surface area contributed by atoms with E-state index in [1.165, 1.54) is 0 Å². The van der Waals surface area contributed by atoms with Gasteiger partial charge in [-0.2, -0.15) is 0 Å². The molecule has 0 fully saturated rings. The summed E-state index contributed by atoms with van der Waals surface area (Å²) in [4.78, 5) is 6.44. The van der Waals surface area contributed by atoms with E-state index in [0.29, 0.717) is 24.0 Å². The summed E-state index contributed by atoms with van der Waals surface area (Å²) in [6.45, 7) is 2.82. The second kappa shape index (κ2) is 7.24. The van der Waals surface area contributed by atoms with Crippen LogP contribution in [-0.2, 0) is 6.54 Å². The molecule has 0 saturated heterocycles. The van der Waals surface area contributed by atoms with Gasteiger partial charge in [0.05, 0.1) is 18.9 Å². The minimum atomic E-state index is -0.533. The fourth-order valence-corrected chi connectivity index (χ4v) is 2.46. The first-order chi connectivity index (χ1) is 10.5. The summed E-state index contributed by atoms with van der Waals surface area (Å²) in [5.41, 5.74) is 1.08. The molecule has 6 heteroatoms. The average Bonchev–Trinajstić information content (AvgIpc) is 2.95. The Labute approximate surface area is 135 Å². The highest BCUT2D eigenvalue weighted by atomic mass is 35.5. The van der Waals surface area contributed by atoms with Gasteiger partial charge in [0.2, 0.25) is 5.89 Å². The molecule has 0 aliphatic carbocycles. The largest absolute Gasteiger partial charge is 0.444 e. The SMILES string of the molecule is CN(Cc1coc(-c2cccc(Cl)c2)n1)CC(C)(CO)CO. The molecule has 0 aliphatic heterocycles. The number of aliphatic hydroxyl groups excluding tert-OH is 2. The predicted molar refractivity (Wildman–Crippen MR) is 85.6 cm³/mol. The van der Waals surface area contributed by atoms with E-state index >= 15 is 0 Å². The van der Waals surface area contributed by atoms with Crippen LogP contribution in [0.15, 0.2) is 34.9 Å². The maximum atomic E-state index is 9.35. The van der Waals surface area contributed by atoms with Crippen LogP contribution in [0.5, 0.6) is 0 Å². The molecule has 0 saturated carbocycles. The summed E-state index contributed by atoms with van der Waals surface area (Å²) in [6, 6.07) is 7.34. The van der Waals surface area contributed by atoms with Gasteiger partial charge < -0.3 is 14.6 Å². The van der Waals surface area contributed by atoms with Crippen molar-refractivity contribution in [2.45, 2.75) is 13.5 Å². The van der Waals surface area contributed by atoms with Gasteiger partial charge in [0.1, 0.15) is 6.26 Å². The van der Waals surface area contributed by atoms with E-state index in [9.17, 15) is 10.2 Å². The summed E-state index contributed by atoms with van der Waals surface area (Å²) in [6.07, 6.45) is 1.61. The Bertz CT molecular complexity index is 611. The lowest BCUT2D eigenvalue weighted by atomic mass is 9.92. The van der Waals surface area contributed by atoms with Crippen molar-refractivity contribution in [1.82, 2.24) is 9.88 Å². The van der Waals surface area contributed by atoms with Crippen LogP contribution < -0.4 is 0 Å². The van der Waals surface area contributed by atoms with Crippen molar-refractivity contribution in [2.24, 2.45) is 5.41 Å². The Hall–Kier alpha value is -1.40. The molecule has 0 radical (unpaired) electrons. The summed E-state index contributed by atoms with van der Waals surface area (Å²) < 4.78 is 5.49. The topological polar surface area (TPSA) is 69.7 Å². The number of benzene rings is 1. The minimum Gasteiger partial charge on any atom is -0.444 e. The molecule has 1 aromatic heterocycles. The van der Waals surface area contributed by atoms with Crippen LogP contribution in [-0.4, -0.2) is 46.9 Å². The number of hydrogen-bond acceptors (Lipinski definition) is 5. The Morgan fingerprint density at radius 2 is 2.05 bits per heavy atom. The van der Waals surface area contributed by atoms with Gasteiger partial charge in [-0.15, -0.1) is 0 Å². The van der Waals surface area contributed by atoms with Gasteiger partial charge >= 0.3 is 0 Å². The zero-order valence-electron chi connectivity index (χ0n) is 12.8. The normalized spacial score (nSPS) is 12.1. The van der Waals surface area contributed by atoms with E-state index in [2.05, 4.69) is 4.98 Å². The Morgan fingerprint density at radius 3 is 2.68 bits per heavy atom. The van der Waals surface area contributed by atoms with E-state index in [-0.39, 0.29) is 13.2 Å². The molecular weight excluding hydrogens is 304 g/mol. The second-order valence-corrected chi connectivity index (χ2v) is 6.39. The van der Waals surface area contributed by atoms with E-state index in [4.69, 9.17) is 16.0 Å². The molecule has 0 amide bonds. The zero-order valence-corrected chi connectivity index (χ0v) is 13.5. The van der Waals surface area contributed by atoms with Crippen LogP contribution in [0.4, 0.5) is 0 Å². The standard InChI is InChI=1S/C16H21ClN2O3/c1-16(10-20,11-21)9-19(2)7-14-8-22-15(18-14)12-4-3-5-13(17)6-12/h3-6,8,20-21H,7,9-11H2,1-2H3. The van der Waals surface area contributed by atoms with Gasteiger partial charge in [-0.05, 0) is 25.2 Å². The van der Waals surface area contributed by atoms with Crippen LogP contribution in [0.2, 0.25) is 5.02 Å². The summed E-state index contributed by atoms with van der Waals surface area (Å²) in [7, 11) is 1.91. The highest BCUT2D eigenvalue weighted by Gasteiger charge is 2.24. The van der Waals surface area contributed by atoms with Crippen molar-refractivity contribution < 1.29 is 14.6 Å². The van der Waals surface area contributed by atoms with E-state index in [1.807, 2.05) is 31.0 Å². The monoisotopic (exact) mass is 324 g/mol. The van der Waals surface area contributed by atoms with Gasteiger partial charge in [-0.25, -0.2) is 4.98 Å². The van der Waals surface area contributed by atoms with Crippen LogP contribution in [0.1, 0.15) is 12.6 Å². The van der Waals surface area contributed by atoms with Crippen LogP contribution in [0, 0.1) is 5.41 Å². The maximum Gasteiger partial charge on any atom is 0.226 e. The number of aliphatic hydroxyl groups is 2. The van der Waals surface area contributed by atoms with Gasteiger partial charge in [-0.3, -0.25) is 4.90 Å². The van der Waals surface area contributed by atoms with Crippen molar-refractivity contribution in [3.63, 3.8) is 0 Å². The molecular formula is C16H21ClN2O3. The van der Waals surface area contributed by atoms with Crippen molar-refractivity contribution in [3.8, 4) is 11.5 Å². The van der Waals surface area contributed by atoms with Gasteiger partial charge in [0.25, 0.3) is 0 Å². The third-order valence-electron chi connectivity index (χ3n) is 3.47. The quantitative estimate of drug-likeness (QED) is 0.818. The molecule has 2 rings (SSSR count). The van der Waals surface area contributed by atoms with Gasteiger partial charge in [0, 0.05) is 29.1 Å². The lowest BCUT2D eigenvalue weighted by Crippen LogP contribution is -2.38. The molecule has 0 bridgehead atoms.